The monoisotopic (exact) mass is 435 g/mol. The highest BCUT2D eigenvalue weighted by atomic mass is 35.5. The summed E-state index contributed by atoms with van der Waals surface area (Å²) in [5.74, 6) is 0.774. The Morgan fingerprint density at radius 3 is 2.14 bits per heavy atom. The number of aryl methyl sites for hydroxylation is 2. The first-order valence-corrected chi connectivity index (χ1v) is 11.2. The maximum Gasteiger partial charge on any atom is 0.151 e. The van der Waals surface area contributed by atoms with Crippen LogP contribution in [0, 0.1) is 13.8 Å². The van der Waals surface area contributed by atoms with Gasteiger partial charge in [0.05, 0.1) is 10.7 Å². The molecule has 1 aromatic carbocycles. The number of aromatic nitrogens is 2. The van der Waals surface area contributed by atoms with Crippen LogP contribution in [0.5, 0.6) is 0 Å². The third kappa shape index (κ3) is 7.34. The van der Waals surface area contributed by atoms with Crippen molar-refractivity contribution in [1.82, 2.24) is 9.97 Å². The molecule has 0 unspecified atom stereocenters. The fourth-order valence-electron chi connectivity index (χ4n) is 2.47. The number of pyridine rings is 1. The molecule has 0 amide bonds. The largest absolute Gasteiger partial charge is 0.241 e. The van der Waals surface area contributed by atoms with Crippen molar-refractivity contribution in [3.63, 3.8) is 0 Å². The zero-order valence-electron chi connectivity index (χ0n) is 17.3. The second kappa shape index (κ2) is 12.7. The predicted molar refractivity (Wildman–Crippen MR) is 126 cm³/mol. The standard InChI is InChI=1S/C20H21N3S.2CH3Cl/c1-13(2)21-19-10-9-17(15(4)22-19)11-20-23-18(12-24-20)16-7-5-14(3)6-8-16;2*1-2/h5-10,12H,11H2,1-4H3;2*1H3. The summed E-state index contributed by atoms with van der Waals surface area (Å²) in [6.45, 7) is 8.09. The van der Waals surface area contributed by atoms with Gasteiger partial charge in [-0.1, -0.05) is 35.9 Å². The molecule has 0 spiro atoms. The van der Waals surface area contributed by atoms with Crippen molar-refractivity contribution in [1.29, 1.82) is 0 Å². The lowest BCUT2D eigenvalue weighted by Crippen LogP contribution is -1.95. The molecule has 3 aromatic rings. The Hall–Kier alpha value is -1.75. The van der Waals surface area contributed by atoms with Crippen LogP contribution < -0.4 is 0 Å². The Morgan fingerprint density at radius 1 is 0.929 bits per heavy atom. The molecule has 0 saturated heterocycles. The van der Waals surface area contributed by atoms with Crippen molar-refractivity contribution in [3.05, 3.63) is 63.6 Å². The zero-order chi connectivity index (χ0) is 21.1. The zero-order valence-corrected chi connectivity index (χ0v) is 19.6. The number of nitrogens with zero attached hydrogens (tertiary/aromatic N) is 3. The third-order valence-electron chi connectivity index (χ3n) is 3.76. The fourth-order valence-corrected chi connectivity index (χ4v) is 3.29. The molecule has 0 aliphatic carbocycles. The molecular weight excluding hydrogens is 409 g/mol. The van der Waals surface area contributed by atoms with E-state index in [1.54, 1.807) is 11.3 Å². The highest BCUT2D eigenvalue weighted by Gasteiger charge is 2.08. The van der Waals surface area contributed by atoms with Gasteiger partial charge in [0, 0.05) is 41.5 Å². The minimum Gasteiger partial charge on any atom is -0.241 e. The first kappa shape index (κ1) is 24.3. The summed E-state index contributed by atoms with van der Waals surface area (Å²) >= 11 is 11.0. The van der Waals surface area contributed by atoms with Crippen LogP contribution in [0.15, 0.2) is 46.8 Å². The van der Waals surface area contributed by atoms with Gasteiger partial charge in [-0.3, -0.25) is 0 Å². The van der Waals surface area contributed by atoms with E-state index in [2.05, 4.69) is 75.8 Å². The van der Waals surface area contributed by atoms with E-state index in [1.807, 2.05) is 26.8 Å². The predicted octanol–water partition coefficient (Wildman–Crippen LogP) is 7.24. The van der Waals surface area contributed by atoms with E-state index >= 15 is 0 Å². The summed E-state index contributed by atoms with van der Waals surface area (Å²) in [6, 6.07) is 12.6. The number of hydrogen-bond acceptors (Lipinski definition) is 4. The maximum absolute atomic E-state index is 4.78. The van der Waals surface area contributed by atoms with Crippen LogP contribution in [0.3, 0.4) is 0 Å². The molecule has 0 aliphatic rings. The van der Waals surface area contributed by atoms with Gasteiger partial charge in [-0.15, -0.1) is 34.5 Å². The molecule has 150 valence electrons. The molecule has 3 rings (SSSR count). The lowest BCUT2D eigenvalue weighted by atomic mass is 10.1. The highest BCUT2D eigenvalue weighted by Crippen LogP contribution is 2.25. The maximum atomic E-state index is 4.78. The second-order valence-electron chi connectivity index (χ2n) is 6.14. The van der Waals surface area contributed by atoms with Gasteiger partial charge in [0.2, 0.25) is 0 Å². The first-order chi connectivity index (χ1) is 13.5. The van der Waals surface area contributed by atoms with Crippen molar-refractivity contribution >= 4 is 46.1 Å². The van der Waals surface area contributed by atoms with Gasteiger partial charge in [-0.2, -0.15) is 0 Å². The molecule has 2 heterocycles. The molecule has 0 radical (unpaired) electrons. The van der Waals surface area contributed by atoms with Gasteiger partial charge < -0.3 is 0 Å². The second-order valence-corrected chi connectivity index (χ2v) is 7.08. The Labute approximate surface area is 182 Å². The number of halogens is 2. The van der Waals surface area contributed by atoms with Crippen LogP contribution in [-0.4, -0.2) is 28.4 Å². The van der Waals surface area contributed by atoms with E-state index < -0.39 is 0 Å². The normalized spacial score (nSPS) is 9.57. The molecule has 0 bridgehead atoms. The van der Waals surface area contributed by atoms with Gasteiger partial charge in [0.15, 0.2) is 5.82 Å². The summed E-state index contributed by atoms with van der Waals surface area (Å²) in [7, 11) is 0. The molecule has 0 atom stereocenters. The Bertz CT molecular complexity index is 883. The van der Waals surface area contributed by atoms with Gasteiger partial charge in [-0.25, -0.2) is 15.0 Å². The van der Waals surface area contributed by atoms with Gasteiger partial charge >= 0.3 is 0 Å². The van der Waals surface area contributed by atoms with E-state index in [9.17, 15) is 0 Å². The Morgan fingerprint density at radius 2 is 1.57 bits per heavy atom. The van der Waals surface area contributed by atoms with Crippen molar-refractivity contribution in [2.45, 2.75) is 34.1 Å². The van der Waals surface area contributed by atoms with Gasteiger partial charge in [0.25, 0.3) is 0 Å². The summed E-state index contributed by atoms with van der Waals surface area (Å²) in [6.07, 6.45) is 3.75. The minimum absolute atomic E-state index is 0.774. The molecule has 0 aliphatic heterocycles. The summed E-state index contributed by atoms with van der Waals surface area (Å²) < 4.78 is 0. The molecule has 28 heavy (non-hydrogen) atoms. The lowest BCUT2D eigenvalue weighted by molar-refractivity contribution is 1.06. The van der Waals surface area contributed by atoms with Crippen molar-refractivity contribution in [3.8, 4) is 11.3 Å². The highest BCUT2D eigenvalue weighted by molar-refractivity contribution is 7.10. The summed E-state index contributed by atoms with van der Waals surface area (Å²) in [5.41, 5.74) is 6.71. The number of aliphatic imine (C=N–C) groups is 1. The van der Waals surface area contributed by atoms with Crippen LogP contribution >= 0.6 is 34.5 Å². The third-order valence-corrected chi connectivity index (χ3v) is 4.61. The van der Waals surface area contributed by atoms with Crippen molar-refractivity contribution in [2.75, 3.05) is 12.8 Å². The molecule has 0 fully saturated rings. The number of rotatable bonds is 4. The Kier molecular flexibility index (Phi) is 11.0. The smallest absolute Gasteiger partial charge is 0.151 e. The minimum atomic E-state index is 0.774. The van der Waals surface area contributed by atoms with Crippen LogP contribution in [0.2, 0.25) is 0 Å². The molecule has 0 N–H and O–H groups in total. The average molecular weight is 436 g/mol. The van der Waals surface area contributed by atoms with Crippen LogP contribution in [0.1, 0.15) is 35.7 Å². The quantitative estimate of drug-likeness (QED) is 0.319. The van der Waals surface area contributed by atoms with E-state index in [0.717, 1.165) is 34.3 Å². The van der Waals surface area contributed by atoms with E-state index in [1.165, 1.54) is 29.5 Å². The first-order valence-electron chi connectivity index (χ1n) is 8.77. The number of hydrogen-bond donors (Lipinski definition) is 0. The number of benzene rings is 1. The average Bonchev–Trinajstić information content (AvgIpc) is 3.16. The SMILES string of the molecule is CC(C)=Nc1ccc(Cc2nc(-c3ccc(C)cc3)cs2)c(C)n1.CCl.CCl. The molecule has 6 heteroatoms. The Balaban J connectivity index is 0.000000921. The van der Waals surface area contributed by atoms with Crippen molar-refractivity contribution in [2.24, 2.45) is 4.99 Å². The van der Waals surface area contributed by atoms with Crippen LogP contribution in [-0.2, 0) is 6.42 Å². The molecule has 2 aromatic heterocycles. The van der Waals surface area contributed by atoms with Crippen LogP contribution in [0.4, 0.5) is 5.82 Å². The summed E-state index contributed by atoms with van der Waals surface area (Å²) in [5, 5.41) is 3.24. The van der Waals surface area contributed by atoms with Crippen LogP contribution in [0.25, 0.3) is 11.3 Å². The molecule has 3 nitrogen and oxygen atoms in total. The van der Waals surface area contributed by atoms with E-state index in [-0.39, 0.29) is 0 Å². The van der Waals surface area contributed by atoms with Gasteiger partial charge in [-0.05, 0) is 39.3 Å². The lowest BCUT2D eigenvalue weighted by Gasteiger charge is -2.04. The van der Waals surface area contributed by atoms with Crippen molar-refractivity contribution < 1.29 is 0 Å². The number of thiazole rings is 1. The van der Waals surface area contributed by atoms with E-state index in [0.29, 0.717) is 0 Å². The molecular formula is C22H27Cl2N3S. The number of alkyl halides is 2. The fraction of sp³-hybridized carbons (Fsp3) is 0.318. The summed E-state index contributed by atoms with van der Waals surface area (Å²) in [4.78, 5) is 13.8. The molecule has 0 saturated carbocycles. The van der Waals surface area contributed by atoms with Gasteiger partial charge in [0.1, 0.15) is 0 Å². The topological polar surface area (TPSA) is 38.1 Å². The van der Waals surface area contributed by atoms with E-state index in [4.69, 9.17) is 4.98 Å².